The van der Waals surface area contributed by atoms with Crippen molar-refractivity contribution in [3.63, 3.8) is 0 Å². The van der Waals surface area contributed by atoms with Gasteiger partial charge in [-0.1, -0.05) is 0 Å². The smallest absolute Gasteiger partial charge is 0.274 e. The van der Waals surface area contributed by atoms with Crippen molar-refractivity contribution in [1.82, 2.24) is 4.98 Å². The van der Waals surface area contributed by atoms with Crippen molar-refractivity contribution < 1.29 is 9.72 Å². The summed E-state index contributed by atoms with van der Waals surface area (Å²) in [6.45, 7) is 1.99. The van der Waals surface area contributed by atoms with Crippen molar-refractivity contribution in [3.05, 3.63) is 58.4 Å². The molecule has 23 heavy (non-hydrogen) atoms. The minimum atomic E-state index is -0.479. The monoisotopic (exact) mass is 312 g/mol. The quantitative estimate of drug-likeness (QED) is 0.692. The van der Waals surface area contributed by atoms with Crippen LogP contribution in [0.4, 0.5) is 17.1 Å². The molecular formula is C16H16N4O3. The molecule has 0 spiro atoms. The summed E-state index contributed by atoms with van der Waals surface area (Å²) < 4.78 is 0. The molecule has 0 saturated carbocycles. The Morgan fingerprint density at radius 3 is 2.52 bits per heavy atom. The highest BCUT2D eigenvalue weighted by atomic mass is 16.6. The van der Waals surface area contributed by atoms with Crippen molar-refractivity contribution in [2.75, 3.05) is 23.3 Å². The van der Waals surface area contributed by atoms with E-state index in [0.29, 0.717) is 11.4 Å². The van der Waals surface area contributed by atoms with Crippen LogP contribution in [0.3, 0.4) is 0 Å². The Morgan fingerprint density at radius 2 is 1.87 bits per heavy atom. The molecule has 1 saturated heterocycles. The first kappa shape index (κ1) is 15.0. The fourth-order valence-corrected chi connectivity index (χ4v) is 2.58. The number of hydrogen-bond acceptors (Lipinski definition) is 5. The third-order valence-electron chi connectivity index (χ3n) is 3.78. The molecule has 118 valence electrons. The van der Waals surface area contributed by atoms with E-state index in [2.05, 4.69) is 15.2 Å². The van der Waals surface area contributed by atoms with Crippen LogP contribution < -0.4 is 10.2 Å². The number of carbonyl (C=O) groups excluding carboxylic acids is 1. The predicted octanol–water partition coefficient (Wildman–Crippen LogP) is 2.84. The van der Waals surface area contributed by atoms with E-state index in [1.165, 1.54) is 24.3 Å². The van der Waals surface area contributed by atoms with Gasteiger partial charge in [-0.25, -0.2) is 0 Å². The first-order valence-corrected chi connectivity index (χ1v) is 7.40. The van der Waals surface area contributed by atoms with Crippen molar-refractivity contribution in [2.45, 2.75) is 12.8 Å². The molecule has 1 aliphatic rings. The summed E-state index contributed by atoms with van der Waals surface area (Å²) in [7, 11) is 0. The fourth-order valence-electron chi connectivity index (χ4n) is 2.58. The number of nitro benzene ring substituents is 1. The summed E-state index contributed by atoms with van der Waals surface area (Å²) in [5.74, 6) is -0.333. The van der Waals surface area contributed by atoms with Gasteiger partial charge in [0.25, 0.3) is 11.6 Å². The molecule has 1 aliphatic heterocycles. The van der Waals surface area contributed by atoms with E-state index < -0.39 is 4.92 Å². The Morgan fingerprint density at radius 1 is 1.17 bits per heavy atom. The molecule has 1 fully saturated rings. The fraction of sp³-hybridized carbons (Fsp3) is 0.250. The van der Waals surface area contributed by atoms with E-state index in [4.69, 9.17) is 0 Å². The van der Waals surface area contributed by atoms with Crippen LogP contribution in [0.15, 0.2) is 42.6 Å². The summed E-state index contributed by atoms with van der Waals surface area (Å²) in [6.07, 6.45) is 3.94. The Hall–Kier alpha value is -2.96. The van der Waals surface area contributed by atoms with Gasteiger partial charge in [0.2, 0.25) is 0 Å². The number of nitrogens with one attached hydrogen (secondary N) is 1. The van der Waals surface area contributed by atoms with E-state index in [0.717, 1.165) is 31.6 Å². The molecule has 0 bridgehead atoms. The largest absolute Gasteiger partial charge is 0.371 e. The molecular weight excluding hydrogens is 296 g/mol. The molecule has 7 nitrogen and oxygen atoms in total. The Bertz CT molecular complexity index is 724. The van der Waals surface area contributed by atoms with E-state index in [9.17, 15) is 14.9 Å². The number of aromatic nitrogens is 1. The van der Waals surface area contributed by atoms with Gasteiger partial charge >= 0.3 is 0 Å². The van der Waals surface area contributed by atoms with Crippen molar-refractivity contribution in [3.8, 4) is 0 Å². The normalized spacial score (nSPS) is 13.8. The number of nitrogens with zero attached hydrogens (tertiary/aromatic N) is 3. The average molecular weight is 312 g/mol. The number of hydrogen-bond donors (Lipinski definition) is 1. The van der Waals surface area contributed by atoms with E-state index in [-0.39, 0.29) is 11.6 Å². The zero-order valence-corrected chi connectivity index (χ0v) is 12.4. The highest BCUT2D eigenvalue weighted by molar-refractivity contribution is 6.03. The Labute approximate surface area is 133 Å². The minimum Gasteiger partial charge on any atom is -0.371 e. The highest BCUT2D eigenvalue weighted by Crippen LogP contribution is 2.21. The third-order valence-corrected chi connectivity index (χ3v) is 3.78. The number of anilines is 2. The molecule has 2 aromatic rings. The SMILES string of the molecule is O=C(Nc1ccc([N+](=O)[O-])cc1)c1cc(N2CCCC2)ccn1. The summed E-state index contributed by atoms with van der Waals surface area (Å²) in [5, 5.41) is 13.3. The highest BCUT2D eigenvalue weighted by Gasteiger charge is 2.15. The predicted molar refractivity (Wildman–Crippen MR) is 86.7 cm³/mol. The van der Waals surface area contributed by atoms with Gasteiger partial charge in [0, 0.05) is 42.8 Å². The van der Waals surface area contributed by atoms with Gasteiger partial charge in [0.15, 0.2) is 0 Å². The third kappa shape index (κ3) is 3.45. The lowest BCUT2D eigenvalue weighted by Gasteiger charge is -2.17. The lowest BCUT2D eigenvalue weighted by Crippen LogP contribution is -2.19. The first-order valence-electron chi connectivity index (χ1n) is 7.40. The molecule has 7 heteroatoms. The van der Waals surface area contributed by atoms with Crippen molar-refractivity contribution in [1.29, 1.82) is 0 Å². The van der Waals surface area contributed by atoms with Gasteiger partial charge in [-0.05, 0) is 37.1 Å². The second-order valence-electron chi connectivity index (χ2n) is 5.35. The van der Waals surface area contributed by atoms with Gasteiger partial charge in [0.1, 0.15) is 5.69 Å². The zero-order valence-electron chi connectivity index (χ0n) is 12.4. The lowest BCUT2D eigenvalue weighted by molar-refractivity contribution is -0.384. The Balaban J connectivity index is 1.72. The molecule has 0 radical (unpaired) electrons. The second-order valence-corrected chi connectivity index (χ2v) is 5.35. The van der Waals surface area contributed by atoms with Crippen LogP contribution in [-0.4, -0.2) is 28.9 Å². The Kier molecular flexibility index (Phi) is 4.18. The summed E-state index contributed by atoms with van der Waals surface area (Å²) in [4.78, 5) is 28.7. The van der Waals surface area contributed by atoms with Crippen LogP contribution in [-0.2, 0) is 0 Å². The molecule has 1 aromatic heterocycles. The van der Waals surface area contributed by atoms with Crippen LogP contribution in [0.2, 0.25) is 0 Å². The topological polar surface area (TPSA) is 88.4 Å². The van der Waals surface area contributed by atoms with Crippen LogP contribution in [0.25, 0.3) is 0 Å². The summed E-state index contributed by atoms with van der Waals surface area (Å²) in [5.41, 5.74) is 1.80. The number of benzene rings is 1. The number of nitro groups is 1. The molecule has 3 rings (SSSR count). The number of amides is 1. The number of rotatable bonds is 4. The van der Waals surface area contributed by atoms with E-state index in [1.54, 1.807) is 12.3 Å². The van der Waals surface area contributed by atoms with Gasteiger partial charge in [-0.2, -0.15) is 0 Å². The molecule has 1 N–H and O–H groups in total. The second kappa shape index (κ2) is 6.43. The van der Waals surface area contributed by atoms with Gasteiger partial charge in [-0.3, -0.25) is 19.9 Å². The summed E-state index contributed by atoms with van der Waals surface area (Å²) >= 11 is 0. The molecule has 0 unspecified atom stereocenters. The molecule has 0 aliphatic carbocycles. The van der Waals surface area contributed by atoms with E-state index >= 15 is 0 Å². The lowest BCUT2D eigenvalue weighted by atomic mass is 10.2. The first-order chi connectivity index (χ1) is 11.1. The zero-order chi connectivity index (χ0) is 16.2. The maximum Gasteiger partial charge on any atom is 0.274 e. The molecule has 1 aromatic carbocycles. The van der Waals surface area contributed by atoms with Gasteiger partial charge < -0.3 is 10.2 Å². The number of non-ortho nitro benzene ring substituents is 1. The number of carbonyl (C=O) groups is 1. The van der Waals surface area contributed by atoms with Gasteiger partial charge in [0.05, 0.1) is 4.92 Å². The van der Waals surface area contributed by atoms with Crippen LogP contribution in [0, 0.1) is 10.1 Å². The minimum absolute atomic E-state index is 0.0165. The van der Waals surface area contributed by atoms with Crippen LogP contribution >= 0.6 is 0 Å². The average Bonchev–Trinajstić information content (AvgIpc) is 3.10. The van der Waals surface area contributed by atoms with Crippen LogP contribution in [0.5, 0.6) is 0 Å². The maximum absolute atomic E-state index is 12.3. The summed E-state index contributed by atoms with van der Waals surface area (Å²) in [6, 6.07) is 9.37. The number of pyridine rings is 1. The standard InChI is InChI=1S/C16H16N4O3/c21-16(18-12-3-5-13(6-4-12)20(22)23)15-11-14(7-8-17-15)19-9-1-2-10-19/h3-8,11H,1-2,9-10H2,(H,18,21). The van der Waals surface area contributed by atoms with E-state index in [1.807, 2.05) is 6.07 Å². The van der Waals surface area contributed by atoms with Crippen molar-refractivity contribution >= 4 is 23.0 Å². The molecule has 1 amide bonds. The molecule has 0 atom stereocenters. The maximum atomic E-state index is 12.3. The van der Waals surface area contributed by atoms with Crippen LogP contribution in [0.1, 0.15) is 23.3 Å². The van der Waals surface area contributed by atoms with Gasteiger partial charge in [-0.15, -0.1) is 0 Å². The molecule has 2 heterocycles. The van der Waals surface area contributed by atoms with Crippen molar-refractivity contribution in [2.24, 2.45) is 0 Å².